The lowest BCUT2D eigenvalue weighted by molar-refractivity contribution is 0.628. The number of imidazole rings is 1. The summed E-state index contributed by atoms with van der Waals surface area (Å²) in [5.74, 6) is 0.664. The van der Waals surface area contributed by atoms with Crippen molar-refractivity contribution in [2.45, 2.75) is 13.3 Å². The van der Waals surface area contributed by atoms with E-state index in [1.165, 1.54) is 12.1 Å². The van der Waals surface area contributed by atoms with Crippen molar-refractivity contribution < 1.29 is 4.39 Å². The van der Waals surface area contributed by atoms with Crippen LogP contribution < -0.4 is 0 Å². The number of nitrogens with one attached hydrogen (secondary N) is 2. The third kappa shape index (κ3) is 2.40. The molecule has 4 nitrogen and oxygen atoms in total. The van der Waals surface area contributed by atoms with Crippen molar-refractivity contribution in [2.75, 3.05) is 0 Å². The van der Waals surface area contributed by atoms with Crippen molar-refractivity contribution in [3.05, 3.63) is 60.3 Å². The predicted octanol–water partition coefficient (Wildman–Crippen LogP) is 4.32. The maximum atomic E-state index is 13.2. The number of aromatic amines is 2. The molecule has 2 aromatic heterocycles. The average Bonchev–Trinajstić information content (AvgIpc) is 3.21. The molecule has 4 aromatic rings. The van der Waals surface area contributed by atoms with Gasteiger partial charge in [-0.2, -0.15) is 5.10 Å². The zero-order valence-corrected chi connectivity index (χ0v) is 12.6. The first-order chi connectivity index (χ1) is 11.2. The largest absolute Gasteiger partial charge is 0.341 e. The summed E-state index contributed by atoms with van der Waals surface area (Å²) < 4.78 is 13.2. The van der Waals surface area contributed by atoms with E-state index in [2.05, 4.69) is 28.2 Å². The number of benzene rings is 2. The Labute approximate surface area is 132 Å². The second-order valence-electron chi connectivity index (χ2n) is 5.44. The molecule has 0 radical (unpaired) electrons. The molecular formula is C18H15FN4. The molecule has 0 aliphatic carbocycles. The second kappa shape index (κ2) is 5.35. The fourth-order valence-corrected chi connectivity index (χ4v) is 2.71. The van der Waals surface area contributed by atoms with Gasteiger partial charge in [0, 0.05) is 22.9 Å². The molecular weight excluding hydrogens is 291 g/mol. The lowest BCUT2D eigenvalue weighted by atomic mass is 10.0. The van der Waals surface area contributed by atoms with E-state index in [1.807, 2.05) is 12.1 Å². The molecule has 0 atom stereocenters. The number of hydrogen-bond acceptors (Lipinski definition) is 2. The Morgan fingerprint density at radius 1 is 1.04 bits per heavy atom. The molecule has 5 heteroatoms. The molecule has 0 spiro atoms. The molecule has 2 aromatic carbocycles. The Hall–Kier alpha value is -2.95. The van der Waals surface area contributed by atoms with E-state index >= 15 is 0 Å². The third-order valence-corrected chi connectivity index (χ3v) is 3.93. The van der Waals surface area contributed by atoms with Gasteiger partial charge in [-0.15, -0.1) is 0 Å². The summed E-state index contributed by atoms with van der Waals surface area (Å²) in [5.41, 5.74) is 4.69. The molecule has 2 N–H and O–H groups in total. The van der Waals surface area contributed by atoms with E-state index in [9.17, 15) is 4.39 Å². The van der Waals surface area contributed by atoms with Gasteiger partial charge in [0.1, 0.15) is 11.6 Å². The van der Waals surface area contributed by atoms with Crippen LogP contribution >= 0.6 is 0 Å². The first kappa shape index (κ1) is 13.7. The second-order valence-corrected chi connectivity index (χ2v) is 5.44. The van der Waals surface area contributed by atoms with Crippen molar-refractivity contribution >= 4 is 10.9 Å². The third-order valence-electron chi connectivity index (χ3n) is 3.93. The van der Waals surface area contributed by atoms with Gasteiger partial charge in [0.15, 0.2) is 0 Å². The van der Waals surface area contributed by atoms with E-state index in [-0.39, 0.29) is 5.82 Å². The fraction of sp³-hybridized carbons (Fsp3) is 0.111. The summed E-state index contributed by atoms with van der Waals surface area (Å²) in [5, 5.41) is 8.04. The predicted molar refractivity (Wildman–Crippen MR) is 88.4 cm³/mol. The number of fused-ring (bicyclic) bond motifs is 1. The highest BCUT2D eigenvalue weighted by Crippen LogP contribution is 2.31. The van der Waals surface area contributed by atoms with Gasteiger partial charge >= 0.3 is 0 Å². The average molecular weight is 306 g/mol. The highest BCUT2D eigenvalue weighted by atomic mass is 19.1. The molecule has 0 fully saturated rings. The first-order valence-electron chi connectivity index (χ1n) is 7.53. The number of aryl methyl sites for hydroxylation is 1. The summed E-state index contributed by atoms with van der Waals surface area (Å²) in [6.07, 6.45) is 2.60. The highest BCUT2D eigenvalue weighted by Gasteiger charge is 2.14. The van der Waals surface area contributed by atoms with Crippen LogP contribution in [0.2, 0.25) is 0 Å². The Balaban J connectivity index is 1.89. The standard InChI is InChI=1S/C18H15FN4/c1-2-16-21-17(11-3-6-14(19)7-4-11)18(22-16)12-5-8-15-13(9-12)10-20-23-15/h3-10H,2H2,1H3,(H,20,23)(H,21,22). The van der Waals surface area contributed by atoms with Crippen LogP contribution in [-0.2, 0) is 6.42 Å². The lowest BCUT2D eigenvalue weighted by Crippen LogP contribution is -1.85. The number of rotatable bonds is 3. The van der Waals surface area contributed by atoms with E-state index in [4.69, 9.17) is 4.98 Å². The minimum absolute atomic E-state index is 0.245. The van der Waals surface area contributed by atoms with Gasteiger partial charge in [0.25, 0.3) is 0 Å². The summed E-state index contributed by atoms with van der Waals surface area (Å²) in [4.78, 5) is 8.06. The molecule has 0 aliphatic rings. The van der Waals surface area contributed by atoms with Crippen LogP contribution in [-0.4, -0.2) is 20.2 Å². The molecule has 0 aliphatic heterocycles. The number of H-pyrrole nitrogens is 2. The Bertz CT molecular complexity index is 966. The maximum absolute atomic E-state index is 13.2. The van der Waals surface area contributed by atoms with Crippen molar-refractivity contribution in [1.82, 2.24) is 20.2 Å². The minimum atomic E-state index is -0.245. The van der Waals surface area contributed by atoms with Crippen LogP contribution in [0, 0.1) is 5.82 Å². The zero-order chi connectivity index (χ0) is 15.8. The van der Waals surface area contributed by atoms with Crippen molar-refractivity contribution in [3.8, 4) is 22.5 Å². The van der Waals surface area contributed by atoms with Crippen LogP contribution in [0.15, 0.2) is 48.7 Å². The number of nitrogens with zero attached hydrogens (tertiary/aromatic N) is 2. The molecule has 2 heterocycles. The van der Waals surface area contributed by atoms with Crippen LogP contribution in [0.1, 0.15) is 12.7 Å². The van der Waals surface area contributed by atoms with Crippen molar-refractivity contribution in [1.29, 1.82) is 0 Å². The Morgan fingerprint density at radius 2 is 1.83 bits per heavy atom. The van der Waals surface area contributed by atoms with Gasteiger partial charge in [-0.05, 0) is 36.4 Å². The van der Waals surface area contributed by atoms with Gasteiger partial charge in [-0.1, -0.05) is 13.0 Å². The van der Waals surface area contributed by atoms with Crippen LogP contribution in [0.4, 0.5) is 4.39 Å². The van der Waals surface area contributed by atoms with Gasteiger partial charge in [0.05, 0.1) is 23.1 Å². The number of halogens is 1. The van der Waals surface area contributed by atoms with Crippen LogP contribution in [0.25, 0.3) is 33.4 Å². The fourth-order valence-electron chi connectivity index (χ4n) is 2.71. The topological polar surface area (TPSA) is 57.4 Å². The Morgan fingerprint density at radius 3 is 2.61 bits per heavy atom. The zero-order valence-electron chi connectivity index (χ0n) is 12.6. The summed E-state index contributed by atoms with van der Waals surface area (Å²) in [6.45, 7) is 2.05. The minimum Gasteiger partial charge on any atom is -0.341 e. The molecule has 0 bridgehead atoms. The molecule has 23 heavy (non-hydrogen) atoms. The molecule has 0 amide bonds. The monoisotopic (exact) mass is 306 g/mol. The molecule has 0 saturated heterocycles. The molecule has 0 saturated carbocycles. The smallest absolute Gasteiger partial charge is 0.123 e. The summed E-state index contributed by atoms with van der Waals surface area (Å²) in [7, 11) is 0. The van der Waals surface area contributed by atoms with E-state index in [0.717, 1.165) is 45.7 Å². The highest BCUT2D eigenvalue weighted by molar-refractivity contribution is 5.87. The van der Waals surface area contributed by atoms with Gasteiger partial charge in [-0.25, -0.2) is 9.37 Å². The van der Waals surface area contributed by atoms with Gasteiger partial charge < -0.3 is 4.98 Å². The summed E-state index contributed by atoms with van der Waals surface area (Å²) >= 11 is 0. The maximum Gasteiger partial charge on any atom is 0.123 e. The van der Waals surface area contributed by atoms with Gasteiger partial charge in [-0.3, -0.25) is 5.10 Å². The summed E-state index contributed by atoms with van der Waals surface area (Å²) in [6, 6.07) is 12.5. The quantitative estimate of drug-likeness (QED) is 0.592. The normalized spacial score (nSPS) is 11.2. The van der Waals surface area contributed by atoms with E-state index in [0.29, 0.717) is 0 Å². The molecule has 0 unspecified atom stereocenters. The van der Waals surface area contributed by atoms with Crippen LogP contribution in [0.5, 0.6) is 0 Å². The Kier molecular flexibility index (Phi) is 3.19. The SMILES string of the molecule is CCc1nc(-c2ccc3[nH]ncc3c2)c(-c2ccc(F)cc2)[nH]1. The van der Waals surface area contributed by atoms with E-state index in [1.54, 1.807) is 18.3 Å². The molecule has 114 valence electrons. The first-order valence-corrected chi connectivity index (χ1v) is 7.53. The lowest BCUT2D eigenvalue weighted by Gasteiger charge is -2.03. The van der Waals surface area contributed by atoms with Crippen LogP contribution in [0.3, 0.4) is 0 Å². The van der Waals surface area contributed by atoms with Gasteiger partial charge in [0.2, 0.25) is 0 Å². The number of hydrogen-bond donors (Lipinski definition) is 2. The van der Waals surface area contributed by atoms with E-state index < -0.39 is 0 Å². The number of aromatic nitrogens is 4. The van der Waals surface area contributed by atoms with Crippen molar-refractivity contribution in [2.24, 2.45) is 0 Å². The van der Waals surface area contributed by atoms with Crippen molar-refractivity contribution in [3.63, 3.8) is 0 Å². The molecule has 4 rings (SSSR count).